The van der Waals surface area contributed by atoms with Crippen LogP contribution in [-0.2, 0) is 11.2 Å². The summed E-state index contributed by atoms with van der Waals surface area (Å²) in [4.78, 5) is 31.3. The van der Waals surface area contributed by atoms with Gasteiger partial charge in [-0.15, -0.1) is 11.3 Å². The van der Waals surface area contributed by atoms with E-state index in [0.29, 0.717) is 19.6 Å². The minimum absolute atomic E-state index is 0.0585. The molecule has 2 aromatic rings. The first-order valence-electron chi connectivity index (χ1n) is 10.3. The van der Waals surface area contributed by atoms with Crippen LogP contribution in [0, 0.1) is 19.8 Å². The molecule has 1 saturated heterocycles. The molecule has 0 bridgehead atoms. The third-order valence-electron chi connectivity index (χ3n) is 5.13. The second kappa shape index (κ2) is 10.4. The van der Waals surface area contributed by atoms with E-state index in [1.165, 1.54) is 0 Å². The highest BCUT2D eigenvalue weighted by Gasteiger charge is 2.28. The number of thiazole rings is 1. The van der Waals surface area contributed by atoms with Gasteiger partial charge in [-0.2, -0.15) is 0 Å². The van der Waals surface area contributed by atoms with Crippen LogP contribution in [0.1, 0.15) is 41.9 Å². The van der Waals surface area contributed by atoms with Crippen molar-refractivity contribution in [3.05, 3.63) is 45.9 Å². The molecule has 0 saturated carbocycles. The van der Waals surface area contributed by atoms with Crippen LogP contribution >= 0.6 is 11.3 Å². The van der Waals surface area contributed by atoms with E-state index in [9.17, 15) is 9.59 Å². The molecule has 29 heavy (non-hydrogen) atoms. The van der Waals surface area contributed by atoms with Crippen LogP contribution < -0.4 is 10.6 Å². The van der Waals surface area contributed by atoms with E-state index in [1.807, 2.05) is 38.1 Å². The van der Waals surface area contributed by atoms with Crippen LogP contribution in [-0.4, -0.2) is 41.5 Å². The van der Waals surface area contributed by atoms with Crippen molar-refractivity contribution >= 4 is 29.0 Å². The number of aryl methyl sites for hydroxylation is 3. The first-order chi connectivity index (χ1) is 14.0. The zero-order chi connectivity index (χ0) is 20.6. The zero-order valence-corrected chi connectivity index (χ0v) is 18.1. The van der Waals surface area contributed by atoms with E-state index in [4.69, 9.17) is 0 Å². The number of aromatic nitrogens is 1. The van der Waals surface area contributed by atoms with Gasteiger partial charge in [-0.1, -0.05) is 12.1 Å². The Kier molecular flexibility index (Phi) is 7.63. The van der Waals surface area contributed by atoms with Crippen LogP contribution in [0.2, 0.25) is 0 Å². The second-order valence-corrected chi connectivity index (χ2v) is 8.66. The van der Waals surface area contributed by atoms with E-state index in [2.05, 4.69) is 21.0 Å². The number of benzene rings is 1. The van der Waals surface area contributed by atoms with Crippen molar-refractivity contribution < 1.29 is 9.59 Å². The molecule has 1 aliphatic heterocycles. The predicted molar refractivity (Wildman–Crippen MR) is 117 cm³/mol. The molecule has 0 spiro atoms. The van der Waals surface area contributed by atoms with Crippen molar-refractivity contribution in [1.82, 2.24) is 15.2 Å². The summed E-state index contributed by atoms with van der Waals surface area (Å²) in [5.74, 6) is -0.0724. The van der Waals surface area contributed by atoms with Crippen LogP contribution in [0.5, 0.6) is 0 Å². The monoisotopic (exact) mass is 414 g/mol. The van der Waals surface area contributed by atoms with Gasteiger partial charge in [0.15, 0.2) is 0 Å². The molecule has 2 N–H and O–H groups in total. The van der Waals surface area contributed by atoms with Crippen molar-refractivity contribution in [2.24, 2.45) is 5.92 Å². The zero-order valence-electron chi connectivity index (χ0n) is 17.2. The number of carbonyl (C=O) groups is 2. The van der Waals surface area contributed by atoms with Gasteiger partial charge >= 0.3 is 6.03 Å². The maximum Gasteiger partial charge on any atom is 0.321 e. The summed E-state index contributed by atoms with van der Waals surface area (Å²) >= 11 is 1.70. The summed E-state index contributed by atoms with van der Waals surface area (Å²) in [6.45, 7) is 5.84. The molecular weight excluding hydrogens is 384 g/mol. The Morgan fingerprint density at radius 1 is 1.28 bits per heavy atom. The van der Waals surface area contributed by atoms with Gasteiger partial charge in [0.2, 0.25) is 5.91 Å². The standard InChI is InChI=1S/C22H30N4O2S/c1-16-7-5-9-19(13-16)25-22(28)26-12-6-8-18(14-26)21(27)23-11-4-3-10-20-24-17(2)15-29-20/h5,7,9,13,15,18H,3-4,6,8,10-12,14H2,1-2H3,(H,23,27)(H,25,28). The number of amides is 3. The first kappa shape index (κ1) is 21.3. The fourth-order valence-electron chi connectivity index (χ4n) is 3.58. The summed E-state index contributed by atoms with van der Waals surface area (Å²) < 4.78 is 0. The summed E-state index contributed by atoms with van der Waals surface area (Å²) in [7, 11) is 0. The van der Waals surface area contributed by atoms with Gasteiger partial charge in [0.05, 0.1) is 10.9 Å². The number of hydrogen-bond donors (Lipinski definition) is 2. The van der Waals surface area contributed by atoms with Crippen molar-refractivity contribution in [2.45, 2.75) is 46.0 Å². The third-order valence-corrected chi connectivity index (χ3v) is 6.16. The Labute approximate surface area is 176 Å². The number of carbonyl (C=O) groups excluding carboxylic acids is 2. The van der Waals surface area contributed by atoms with E-state index in [1.54, 1.807) is 16.2 Å². The van der Waals surface area contributed by atoms with Gasteiger partial charge in [0.1, 0.15) is 0 Å². The van der Waals surface area contributed by atoms with Crippen molar-refractivity contribution in [3.63, 3.8) is 0 Å². The molecule has 3 amide bonds. The van der Waals surface area contributed by atoms with Gasteiger partial charge in [-0.25, -0.2) is 9.78 Å². The van der Waals surface area contributed by atoms with Crippen molar-refractivity contribution in [3.8, 4) is 0 Å². The number of nitrogens with one attached hydrogen (secondary N) is 2. The Morgan fingerprint density at radius 2 is 2.14 bits per heavy atom. The SMILES string of the molecule is Cc1cccc(NC(=O)N2CCCC(C(=O)NCCCCc3nc(C)cs3)C2)c1. The van der Waals surface area contributed by atoms with Gasteiger partial charge in [0.25, 0.3) is 0 Å². The fraction of sp³-hybridized carbons (Fsp3) is 0.500. The lowest BCUT2D eigenvalue weighted by atomic mass is 9.97. The van der Waals surface area contributed by atoms with Gasteiger partial charge in [-0.05, 0) is 63.6 Å². The highest BCUT2D eigenvalue weighted by atomic mass is 32.1. The smallest absolute Gasteiger partial charge is 0.321 e. The summed E-state index contributed by atoms with van der Waals surface area (Å²) in [6, 6.07) is 7.61. The number of nitrogens with zero attached hydrogens (tertiary/aromatic N) is 2. The van der Waals surface area contributed by atoms with Crippen molar-refractivity contribution in [1.29, 1.82) is 0 Å². The largest absolute Gasteiger partial charge is 0.356 e. The number of unbranched alkanes of at least 4 members (excludes halogenated alkanes) is 1. The van der Waals surface area contributed by atoms with Crippen LogP contribution in [0.3, 0.4) is 0 Å². The second-order valence-electron chi connectivity index (χ2n) is 7.72. The molecule has 2 heterocycles. The molecule has 0 radical (unpaired) electrons. The molecule has 1 aromatic carbocycles. The molecule has 3 rings (SSSR count). The maximum absolute atomic E-state index is 12.6. The maximum atomic E-state index is 12.6. The molecule has 1 unspecified atom stereocenters. The molecule has 6 nitrogen and oxygen atoms in total. The first-order valence-corrected chi connectivity index (χ1v) is 11.2. The number of anilines is 1. The third kappa shape index (κ3) is 6.56. The highest BCUT2D eigenvalue weighted by molar-refractivity contribution is 7.09. The Hall–Kier alpha value is -2.41. The molecule has 156 valence electrons. The summed E-state index contributed by atoms with van der Waals surface area (Å²) in [6.07, 6.45) is 4.60. The van der Waals surface area contributed by atoms with Gasteiger partial charge < -0.3 is 15.5 Å². The quantitative estimate of drug-likeness (QED) is 0.669. The van der Waals surface area contributed by atoms with Crippen LogP contribution in [0.4, 0.5) is 10.5 Å². The number of piperidine rings is 1. The Balaban J connectivity index is 1.38. The van der Waals surface area contributed by atoms with Gasteiger partial charge in [0, 0.05) is 36.4 Å². The lowest BCUT2D eigenvalue weighted by molar-refractivity contribution is -0.126. The molecule has 1 fully saturated rings. The number of hydrogen-bond acceptors (Lipinski definition) is 4. The van der Waals surface area contributed by atoms with Gasteiger partial charge in [-0.3, -0.25) is 4.79 Å². The lowest BCUT2D eigenvalue weighted by Gasteiger charge is -2.32. The Bertz CT molecular complexity index is 836. The molecule has 7 heteroatoms. The summed E-state index contributed by atoms with van der Waals surface area (Å²) in [5.41, 5.74) is 2.97. The normalized spacial score (nSPS) is 16.5. The van der Waals surface area contributed by atoms with E-state index >= 15 is 0 Å². The van der Waals surface area contributed by atoms with Crippen molar-refractivity contribution in [2.75, 3.05) is 25.0 Å². The summed E-state index contributed by atoms with van der Waals surface area (Å²) in [5, 5.41) is 9.22. The average molecular weight is 415 g/mol. The Morgan fingerprint density at radius 3 is 2.90 bits per heavy atom. The molecule has 0 aliphatic carbocycles. The minimum Gasteiger partial charge on any atom is -0.356 e. The van der Waals surface area contributed by atoms with E-state index < -0.39 is 0 Å². The van der Waals surface area contributed by atoms with E-state index in [-0.39, 0.29) is 17.9 Å². The molecular formula is C22H30N4O2S. The highest BCUT2D eigenvalue weighted by Crippen LogP contribution is 2.19. The number of likely N-dealkylation sites (tertiary alicyclic amines) is 1. The average Bonchev–Trinajstić information content (AvgIpc) is 3.12. The molecule has 1 aliphatic rings. The molecule has 1 aromatic heterocycles. The minimum atomic E-state index is -0.133. The molecule has 1 atom stereocenters. The van der Waals surface area contributed by atoms with Crippen LogP contribution in [0.25, 0.3) is 0 Å². The lowest BCUT2D eigenvalue weighted by Crippen LogP contribution is -2.47. The topological polar surface area (TPSA) is 74.3 Å². The van der Waals surface area contributed by atoms with E-state index in [0.717, 1.165) is 54.1 Å². The predicted octanol–water partition coefficient (Wildman–Crippen LogP) is 4.14. The fourth-order valence-corrected chi connectivity index (χ4v) is 4.39. The van der Waals surface area contributed by atoms with Crippen LogP contribution in [0.15, 0.2) is 29.6 Å². The number of rotatable bonds is 7. The number of urea groups is 1.